The molecule has 0 aliphatic heterocycles. The topological polar surface area (TPSA) is 72.2 Å². The molecule has 1 aromatic heterocycles. The van der Waals surface area contributed by atoms with Crippen molar-refractivity contribution < 1.29 is 9.18 Å². The largest absolute Gasteiger partial charge is 0.272 e. The number of amides is 1. The summed E-state index contributed by atoms with van der Waals surface area (Å²) in [5, 5.41) is 14.2. The first-order valence-corrected chi connectivity index (χ1v) is 11.9. The highest BCUT2D eigenvalue weighted by Gasteiger charge is 2.17. The minimum atomic E-state index is -0.536. The van der Waals surface area contributed by atoms with E-state index in [0.29, 0.717) is 21.0 Å². The molecular formula is C23H15Cl3FN5OS. The van der Waals surface area contributed by atoms with Gasteiger partial charge in [0, 0.05) is 26.9 Å². The summed E-state index contributed by atoms with van der Waals surface area (Å²) in [4.78, 5) is 12.3. The van der Waals surface area contributed by atoms with Gasteiger partial charge in [0.25, 0.3) is 5.91 Å². The Morgan fingerprint density at radius 3 is 2.35 bits per heavy atom. The maximum absolute atomic E-state index is 13.8. The molecule has 4 aromatic rings. The third-order valence-electron chi connectivity index (χ3n) is 4.54. The summed E-state index contributed by atoms with van der Waals surface area (Å²) in [5.74, 6) is -0.374. The molecule has 0 atom stereocenters. The zero-order chi connectivity index (χ0) is 24.1. The van der Waals surface area contributed by atoms with Crippen molar-refractivity contribution in [3.05, 3.63) is 93.2 Å². The molecule has 0 fully saturated rings. The van der Waals surface area contributed by atoms with Crippen LogP contribution in [0.25, 0.3) is 17.1 Å². The van der Waals surface area contributed by atoms with Gasteiger partial charge in [-0.15, -0.1) is 10.2 Å². The summed E-state index contributed by atoms with van der Waals surface area (Å²) in [7, 11) is 0. The van der Waals surface area contributed by atoms with Gasteiger partial charge in [-0.05, 0) is 60.7 Å². The number of aromatic nitrogens is 3. The zero-order valence-electron chi connectivity index (χ0n) is 17.3. The Morgan fingerprint density at radius 2 is 1.68 bits per heavy atom. The fourth-order valence-corrected chi connectivity index (χ4v) is 4.15. The van der Waals surface area contributed by atoms with E-state index < -0.39 is 11.7 Å². The predicted molar refractivity (Wildman–Crippen MR) is 135 cm³/mol. The second kappa shape index (κ2) is 11.0. The number of halogens is 4. The van der Waals surface area contributed by atoms with Gasteiger partial charge in [0.1, 0.15) is 5.82 Å². The molecule has 4 rings (SSSR count). The van der Waals surface area contributed by atoms with Crippen molar-refractivity contribution >= 4 is 58.7 Å². The Hall–Kier alpha value is -2.91. The van der Waals surface area contributed by atoms with Crippen LogP contribution in [0, 0.1) is 5.82 Å². The van der Waals surface area contributed by atoms with Gasteiger partial charge in [-0.3, -0.25) is 9.36 Å². The van der Waals surface area contributed by atoms with Gasteiger partial charge in [-0.1, -0.05) is 52.6 Å². The number of hydrogen-bond donors (Lipinski definition) is 1. The molecule has 3 aromatic carbocycles. The fourth-order valence-electron chi connectivity index (χ4n) is 2.94. The summed E-state index contributed by atoms with van der Waals surface area (Å²) in [6.07, 6.45) is 1.16. The highest BCUT2D eigenvalue weighted by molar-refractivity contribution is 7.99. The molecule has 0 radical (unpaired) electrons. The highest BCUT2D eigenvalue weighted by atomic mass is 35.5. The van der Waals surface area contributed by atoms with E-state index in [2.05, 4.69) is 20.7 Å². The maximum atomic E-state index is 13.8. The smallest absolute Gasteiger partial charge is 0.250 e. The van der Waals surface area contributed by atoms with Crippen LogP contribution < -0.4 is 5.43 Å². The van der Waals surface area contributed by atoms with Crippen molar-refractivity contribution in [3.63, 3.8) is 0 Å². The summed E-state index contributed by atoms with van der Waals surface area (Å²) in [6, 6.07) is 18.6. The van der Waals surface area contributed by atoms with Crippen LogP contribution in [0.5, 0.6) is 0 Å². The first-order chi connectivity index (χ1) is 16.4. The van der Waals surface area contributed by atoms with Gasteiger partial charge in [0.15, 0.2) is 11.0 Å². The van der Waals surface area contributed by atoms with E-state index in [0.717, 1.165) is 17.5 Å². The van der Waals surface area contributed by atoms with Crippen LogP contribution in [-0.2, 0) is 4.79 Å². The number of benzene rings is 3. The van der Waals surface area contributed by atoms with Crippen molar-refractivity contribution in [2.45, 2.75) is 5.16 Å². The molecule has 0 spiro atoms. The van der Waals surface area contributed by atoms with Gasteiger partial charge >= 0.3 is 0 Å². The number of carbonyl (C=O) groups is 1. The number of hydrogen-bond acceptors (Lipinski definition) is 5. The van der Waals surface area contributed by atoms with E-state index in [1.54, 1.807) is 24.3 Å². The summed E-state index contributed by atoms with van der Waals surface area (Å²) in [5.41, 5.74) is 4.03. The van der Waals surface area contributed by atoms with Gasteiger partial charge in [-0.2, -0.15) is 5.10 Å². The molecule has 34 heavy (non-hydrogen) atoms. The molecular weight excluding hydrogens is 520 g/mol. The van der Waals surface area contributed by atoms with Gasteiger partial charge in [-0.25, -0.2) is 9.82 Å². The number of nitrogens with one attached hydrogen (secondary N) is 1. The van der Waals surface area contributed by atoms with Crippen molar-refractivity contribution in [1.29, 1.82) is 0 Å². The third kappa shape index (κ3) is 5.77. The van der Waals surface area contributed by atoms with Gasteiger partial charge in [0.05, 0.1) is 17.0 Å². The third-order valence-corrected chi connectivity index (χ3v) is 6.30. The van der Waals surface area contributed by atoms with Crippen LogP contribution in [-0.4, -0.2) is 32.6 Å². The van der Waals surface area contributed by atoms with E-state index in [1.165, 1.54) is 30.0 Å². The van der Waals surface area contributed by atoms with E-state index in [1.807, 2.05) is 28.8 Å². The Morgan fingerprint density at radius 1 is 1.00 bits per heavy atom. The molecule has 0 aliphatic carbocycles. The molecule has 1 N–H and O–H groups in total. The molecule has 0 saturated heterocycles. The van der Waals surface area contributed by atoms with Crippen molar-refractivity contribution in [3.8, 4) is 17.1 Å². The van der Waals surface area contributed by atoms with Crippen molar-refractivity contribution in [2.24, 2.45) is 5.10 Å². The SMILES string of the molecule is O=C(CSc1nnc(-c2ccc(Cl)cc2)n1-c1ccc(Cl)cc1)N/N=C/c1c(F)cccc1Cl. The average Bonchev–Trinajstić information content (AvgIpc) is 3.24. The van der Waals surface area contributed by atoms with Crippen LogP contribution in [0.4, 0.5) is 4.39 Å². The molecule has 172 valence electrons. The van der Waals surface area contributed by atoms with E-state index >= 15 is 0 Å². The van der Waals surface area contributed by atoms with Gasteiger partial charge < -0.3 is 0 Å². The summed E-state index contributed by atoms with van der Waals surface area (Å²) >= 11 is 19.2. The lowest BCUT2D eigenvalue weighted by molar-refractivity contribution is -0.118. The first kappa shape index (κ1) is 24.2. The van der Waals surface area contributed by atoms with Crippen LogP contribution in [0.1, 0.15) is 5.56 Å². The van der Waals surface area contributed by atoms with E-state index in [9.17, 15) is 9.18 Å². The van der Waals surface area contributed by atoms with Crippen LogP contribution in [0.15, 0.2) is 77.0 Å². The average molecular weight is 535 g/mol. The first-order valence-electron chi connectivity index (χ1n) is 9.78. The summed E-state index contributed by atoms with van der Waals surface area (Å²) < 4.78 is 15.6. The van der Waals surface area contributed by atoms with Crippen LogP contribution in [0.3, 0.4) is 0 Å². The quantitative estimate of drug-likeness (QED) is 0.172. The fraction of sp³-hybridized carbons (Fsp3) is 0.0435. The van der Waals surface area contributed by atoms with E-state index in [4.69, 9.17) is 34.8 Å². The molecule has 0 bridgehead atoms. The van der Waals surface area contributed by atoms with Crippen molar-refractivity contribution in [2.75, 3.05) is 5.75 Å². The molecule has 1 amide bonds. The maximum Gasteiger partial charge on any atom is 0.250 e. The Labute approximate surface area is 213 Å². The normalized spacial score (nSPS) is 11.2. The number of hydrazone groups is 1. The van der Waals surface area contributed by atoms with Gasteiger partial charge in [0.2, 0.25) is 0 Å². The van der Waals surface area contributed by atoms with Crippen LogP contribution >= 0.6 is 46.6 Å². The minimum absolute atomic E-state index is 0.00527. The minimum Gasteiger partial charge on any atom is -0.272 e. The predicted octanol–water partition coefficient (Wildman–Crippen LogP) is 6.28. The number of thioether (sulfide) groups is 1. The Kier molecular flexibility index (Phi) is 7.84. The zero-order valence-corrected chi connectivity index (χ0v) is 20.3. The standard InChI is InChI=1S/C23H15Cl3FN5OS/c24-15-6-4-14(5-7-15)22-30-31-23(32(22)17-10-8-16(25)9-11-17)34-13-21(33)29-28-12-18-19(26)2-1-3-20(18)27/h1-12H,13H2,(H,29,33)/b28-12+. The summed E-state index contributed by atoms with van der Waals surface area (Å²) in [6.45, 7) is 0. The molecule has 11 heteroatoms. The lowest BCUT2D eigenvalue weighted by Crippen LogP contribution is -2.20. The van der Waals surface area contributed by atoms with E-state index in [-0.39, 0.29) is 16.3 Å². The number of nitrogens with zero attached hydrogens (tertiary/aromatic N) is 4. The second-order valence-electron chi connectivity index (χ2n) is 6.84. The molecule has 0 unspecified atom stereocenters. The lowest BCUT2D eigenvalue weighted by Gasteiger charge is -2.10. The molecule has 0 aliphatic rings. The monoisotopic (exact) mass is 533 g/mol. The Balaban J connectivity index is 1.52. The Bertz CT molecular complexity index is 1320. The molecule has 0 saturated carbocycles. The molecule has 6 nitrogen and oxygen atoms in total. The number of rotatable bonds is 7. The molecule has 1 heterocycles. The van der Waals surface area contributed by atoms with Crippen molar-refractivity contribution in [1.82, 2.24) is 20.2 Å². The number of carbonyl (C=O) groups excluding carboxylic acids is 1. The second-order valence-corrected chi connectivity index (χ2v) is 9.06. The highest BCUT2D eigenvalue weighted by Crippen LogP contribution is 2.29. The lowest BCUT2D eigenvalue weighted by atomic mass is 10.2. The van der Waals surface area contributed by atoms with Crippen LogP contribution in [0.2, 0.25) is 15.1 Å².